The van der Waals surface area contributed by atoms with Crippen LogP contribution >= 0.6 is 0 Å². The van der Waals surface area contributed by atoms with Crippen molar-refractivity contribution in [2.75, 3.05) is 7.11 Å². The smallest absolute Gasteiger partial charge is 0.343 e. The Kier molecular flexibility index (Phi) is 5.26. The number of fused-ring (bicyclic) bond motifs is 1. The molecule has 156 valence electrons. The number of methoxy groups -OCH3 is 1. The molecule has 30 heavy (non-hydrogen) atoms. The van der Waals surface area contributed by atoms with E-state index in [4.69, 9.17) is 14.2 Å². The fourth-order valence-corrected chi connectivity index (χ4v) is 3.21. The minimum atomic E-state index is -2.13. The van der Waals surface area contributed by atoms with Gasteiger partial charge in [0, 0.05) is 0 Å². The molecule has 1 aliphatic carbocycles. The van der Waals surface area contributed by atoms with Gasteiger partial charge < -0.3 is 24.4 Å². The lowest BCUT2D eigenvalue weighted by atomic mass is 9.80. The topological polar surface area (TPSA) is 119 Å². The van der Waals surface area contributed by atoms with E-state index in [0.717, 1.165) is 6.07 Å². The van der Waals surface area contributed by atoms with E-state index in [0.29, 0.717) is 11.3 Å². The van der Waals surface area contributed by atoms with Gasteiger partial charge in [-0.25, -0.2) is 4.79 Å². The molecule has 1 aliphatic heterocycles. The molecule has 2 N–H and O–H groups in total. The lowest BCUT2D eigenvalue weighted by Gasteiger charge is -2.31. The molecule has 0 bridgehead atoms. The van der Waals surface area contributed by atoms with E-state index in [1.807, 2.05) is 0 Å². The summed E-state index contributed by atoms with van der Waals surface area (Å²) in [7, 11) is 1.19. The number of esters is 1. The van der Waals surface area contributed by atoms with Gasteiger partial charge in [0.05, 0.1) is 12.7 Å². The molecule has 2 aliphatic rings. The fraction of sp³-hybridized carbons (Fsp3) is 0.227. The first-order valence-corrected chi connectivity index (χ1v) is 8.99. The number of carbonyl (C=O) groups excluding carboxylic acids is 3. The van der Waals surface area contributed by atoms with Crippen LogP contribution in [0.3, 0.4) is 0 Å². The first-order valence-electron chi connectivity index (χ1n) is 8.99. The van der Waals surface area contributed by atoms with E-state index >= 15 is 0 Å². The number of allylic oxidation sites excluding steroid dienone is 4. The number of rotatable bonds is 4. The van der Waals surface area contributed by atoms with Crippen LogP contribution in [0.25, 0.3) is 0 Å². The summed E-state index contributed by atoms with van der Waals surface area (Å²) in [5.74, 6) is -3.55. The molecular weight excluding hydrogens is 392 g/mol. The first kappa shape index (κ1) is 20.9. The SMILES string of the molecule is CC=CC1=CC2=CC(=O)C(C)(OC(=O)c3c(C)cc(O)c(O)c3OC)C(=O)C2=CO1. The molecule has 0 amide bonds. The molecule has 0 saturated carbocycles. The highest BCUT2D eigenvalue weighted by Gasteiger charge is 2.50. The predicted molar refractivity (Wildman–Crippen MR) is 105 cm³/mol. The van der Waals surface area contributed by atoms with Crippen LogP contribution in [0.2, 0.25) is 0 Å². The van der Waals surface area contributed by atoms with Crippen LogP contribution in [0, 0.1) is 6.92 Å². The summed E-state index contributed by atoms with van der Waals surface area (Å²) in [4.78, 5) is 38.7. The number of phenolic OH excluding ortho intramolecular Hbond substituents is 2. The third-order valence-electron chi connectivity index (χ3n) is 4.82. The minimum absolute atomic E-state index is 0.0930. The van der Waals surface area contributed by atoms with Crippen LogP contribution < -0.4 is 4.74 Å². The number of ketones is 2. The van der Waals surface area contributed by atoms with Crippen molar-refractivity contribution in [2.45, 2.75) is 26.4 Å². The van der Waals surface area contributed by atoms with E-state index in [-0.39, 0.29) is 22.4 Å². The highest BCUT2D eigenvalue weighted by atomic mass is 16.6. The van der Waals surface area contributed by atoms with Crippen molar-refractivity contribution >= 4 is 17.5 Å². The van der Waals surface area contributed by atoms with Crippen molar-refractivity contribution in [1.82, 2.24) is 0 Å². The minimum Gasteiger partial charge on any atom is -0.504 e. The number of aryl methyl sites for hydroxylation is 1. The van der Waals surface area contributed by atoms with Gasteiger partial charge in [0.2, 0.25) is 22.9 Å². The molecule has 0 fully saturated rings. The molecule has 1 heterocycles. The second-order valence-electron chi connectivity index (χ2n) is 6.88. The highest BCUT2D eigenvalue weighted by molar-refractivity contribution is 6.26. The van der Waals surface area contributed by atoms with E-state index in [1.54, 1.807) is 19.1 Å². The molecule has 1 atom stereocenters. The Balaban J connectivity index is 2.00. The third kappa shape index (κ3) is 3.26. The van der Waals surface area contributed by atoms with Gasteiger partial charge in [0.25, 0.3) is 0 Å². The number of hydrogen-bond donors (Lipinski definition) is 2. The van der Waals surface area contributed by atoms with Crippen molar-refractivity contribution in [3.05, 3.63) is 64.7 Å². The monoisotopic (exact) mass is 412 g/mol. The Bertz CT molecular complexity index is 1090. The number of ether oxygens (including phenoxy) is 3. The van der Waals surface area contributed by atoms with Crippen LogP contribution in [0.15, 0.2) is 53.5 Å². The number of hydrogen-bond acceptors (Lipinski definition) is 8. The average Bonchev–Trinajstić information content (AvgIpc) is 2.69. The lowest BCUT2D eigenvalue weighted by molar-refractivity contribution is -0.145. The van der Waals surface area contributed by atoms with Crippen LogP contribution in [0.5, 0.6) is 17.2 Å². The second-order valence-corrected chi connectivity index (χ2v) is 6.88. The normalized spacial score (nSPS) is 20.7. The molecular formula is C22H20O8. The van der Waals surface area contributed by atoms with Crippen LogP contribution in [-0.4, -0.2) is 40.5 Å². The van der Waals surface area contributed by atoms with Gasteiger partial charge in [-0.05, 0) is 56.2 Å². The molecule has 8 heteroatoms. The maximum absolute atomic E-state index is 13.0. The van der Waals surface area contributed by atoms with Crippen molar-refractivity contribution in [3.63, 3.8) is 0 Å². The Morgan fingerprint density at radius 2 is 1.93 bits per heavy atom. The zero-order valence-electron chi connectivity index (χ0n) is 16.8. The Morgan fingerprint density at radius 3 is 2.57 bits per heavy atom. The van der Waals surface area contributed by atoms with Crippen LogP contribution in [-0.2, 0) is 19.1 Å². The maximum atomic E-state index is 13.0. The third-order valence-corrected chi connectivity index (χ3v) is 4.82. The summed E-state index contributed by atoms with van der Waals surface area (Å²) in [5.41, 5.74) is -1.67. The van der Waals surface area contributed by atoms with Gasteiger partial charge in [-0.3, -0.25) is 9.59 Å². The summed E-state index contributed by atoms with van der Waals surface area (Å²) < 4.78 is 15.7. The molecule has 1 unspecified atom stereocenters. The predicted octanol–water partition coefficient (Wildman–Crippen LogP) is 2.78. The molecule has 8 nitrogen and oxygen atoms in total. The zero-order valence-corrected chi connectivity index (χ0v) is 16.8. The van der Waals surface area contributed by atoms with Crippen LogP contribution in [0.1, 0.15) is 29.8 Å². The molecule has 3 rings (SSSR count). The number of aromatic hydroxyl groups is 2. The van der Waals surface area contributed by atoms with E-state index < -0.39 is 34.6 Å². The summed E-state index contributed by atoms with van der Waals surface area (Å²) in [6.45, 7) is 4.47. The molecule has 0 aromatic heterocycles. The van der Waals surface area contributed by atoms with Gasteiger partial charge in [0.15, 0.2) is 11.5 Å². The highest BCUT2D eigenvalue weighted by Crippen LogP contribution is 2.41. The molecule has 0 saturated heterocycles. The number of Topliss-reactive ketones (excluding diaryl/α,β-unsaturated/α-hetero) is 1. The van der Waals surface area contributed by atoms with Crippen molar-refractivity contribution in [1.29, 1.82) is 0 Å². The largest absolute Gasteiger partial charge is 0.504 e. The van der Waals surface area contributed by atoms with Gasteiger partial charge >= 0.3 is 5.97 Å². The quantitative estimate of drug-likeness (QED) is 0.440. The van der Waals surface area contributed by atoms with Gasteiger partial charge in [-0.2, -0.15) is 0 Å². The summed E-state index contributed by atoms with van der Waals surface area (Å²) in [6.07, 6.45) is 7.37. The van der Waals surface area contributed by atoms with Crippen molar-refractivity contribution in [3.8, 4) is 17.2 Å². The van der Waals surface area contributed by atoms with Gasteiger partial charge in [-0.1, -0.05) is 6.08 Å². The lowest BCUT2D eigenvalue weighted by Crippen LogP contribution is -2.50. The number of benzene rings is 1. The van der Waals surface area contributed by atoms with E-state index in [2.05, 4.69) is 0 Å². The first-order chi connectivity index (χ1) is 14.1. The summed E-state index contributed by atoms with van der Waals surface area (Å²) in [5, 5.41) is 19.7. The standard InChI is InChI=1S/C22H20O8/c1-5-6-13-8-12-9-16(24)22(3,20(26)14(12)10-29-13)30-21(27)17-11(2)7-15(23)18(25)19(17)28-4/h5-10,23,25H,1-4H3. The number of phenols is 2. The molecule has 1 aromatic carbocycles. The van der Waals surface area contributed by atoms with Crippen molar-refractivity contribution in [2.24, 2.45) is 0 Å². The molecule has 1 aromatic rings. The Hall–Kier alpha value is -3.81. The maximum Gasteiger partial charge on any atom is 0.343 e. The average molecular weight is 412 g/mol. The Labute approximate surface area is 172 Å². The number of carbonyl (C=O) groups is 3. The Morgan fingerprint density at radius 1 is 1.23 bits per heavy atom. The summed E-state index contributed by atoms with van der Waals surface area (Å²) >= 11 is 0. The summed E-state index contributed by atoms with van der Waals surface area (Å²) in [6, 6.07) is 1.14. The molecule has 0 radical (unpaired) electrons. The second kappa shape index (κ2) is 7.55. The van der Waals surface area contributed by atoms with Gasteiger partial charge in [-0.15, -0.1) is 0 Å². The van der Waals surface area contributed by atoms with E-state index in [1.165, 1.54) is 39.4 Å². The van der Waals surface area contributed by atoms with E-state index in [9.17, 15) is 24.6 Å². The van der Waals surface area contributed by atoms with Crippen molar-refractivity contribution < 1.29 is 38.8 Å². The molecule has 0 spiro atoms. The fourth-order valence-electron chi connectivity index (χ4n) is 3.21. The zero-order chi connectivity index (χ0) is 22.2. The van der Waals surface area contributed by atoms with Crippen LogP contribution in [0.4, 0.5) is 0 Å². The van der Waals surface area contributed by atoms with Gasteiger partial charge in [0.1, 0.15) is 17.6 Å².